The number of carboxylic acid groups (broad SMARTS) is 1. The molecule has 2 aromatic carbocycles. The lowest BCUT2D eigenvalue weighted by Gasteiger charge is -2.21. The van der Waals surface area contributed by atoms with Crippen LogP contribution in [0.3, 0.4) is 0 Å². The molecule has 0 saturated carbocycles. The highest BCUT2D eigenvalue weighted by molar-refractivity contribution is 7.89. The van der Waals surface area contributed by atoms with Crippen LogP contribution in [0.4, 0.5) is 0 Å². The number of aromatic carboxylic acids is 1. The number of nitrogens with zero attached hydrogens (tertiary/aromatic N) is 2. The summed E-state index contributed by atoms with van der Waals surface area (Å²) in [6, 6.07) is 11.0. The van der Waals surface area contributed by atoms with Crippen molar-refractivity contribution in [1.29, 1.82) is 0 Å². The van der Waals surface area contributed by atoms with E-state index in [-0.39, 0.29) is 22.4 Å². The summed E-state index contributed by atoms with van der Waals surface area (Å²) < 4.78 is 26.9. The number of carbonyl (C=O) groups is 1. The van der Waals surface area contributed by atoms with Crippen molar-refractivity contribution in [2.24, 2.45) is 0 Å². The molecule has 0 radical (unpaired) electrons. The van der Waals surface area contributed by atoms with Crippen LogP contribution in [0.1, 0.15) is 48.6 Å². The first kappa shape index (κ1) is 23.9. The number of carboxylic acids is 1. The van der Waals surface area contributed by atoms with E-state index >= 15 is 0 Å². The highest BCUT2D eigenvalue weighted by Crippen LogP contribution is 2.31. The molecule has 3 rings (SSSR count). The van der Waals surface area contributed by atoms with E-state index in [2.05, 4.69) is 20.8 Å². The second kappa shape index (κ2) is 9.01. The van der Waals surface area contributed by atoms with E-state index in [4.69, 9.17) is 9.82 Å². The van der Waals surface area contributed by atoms with Crippen molar-refractivity contribution >= 4 is 27.3 Å². The lowest BCUT2D eigenvalue weighted by Crippen LogP contribution is -2.34. The minimum atomic E-state index is -4.06. The third-order valence-electron chi connectivity index (χ3n) is 4.77. The molecule has 1 N–H and O–H groups in total. The van der Waals surface area contributed by atoms with Crippen LogP contribution in [-0.4, -0.2) is 35.5 Å². The van der Waals surface area contributed by atoms with Crippen LogP contribution in [0.15, 0.2) is 52.7 Å². The Kier molecular flexibility index (Phi) is 6.73. The van der Waals surface area contributed by atoms with Gasteiger partial charge in [-0.05, 0) is 60.3 Å². The summed E-state index contributed by atoms with van der Waals surface area (Å²) in [5.74, 6) is -0.841. The Labute approximate surface area is 192 Å². The lowest BCUT2D eigenvalue weighted by atomic mass is 9.98. The van der Waals surface area contributed by atoms with Crippen LogP contribution in [0.2, 0.25) is 0 Å². The van der Waals surface area contributed by atoms with Crippen LogP contribution in [0.5, 0.6) is 5.75 Å². The minimum Gasteiger partial charge on any atom is -0.478 e. The molecule has 0 amide bonds. The van der Waals surface area contributed by atoms with E-state index in [1.807, 2.05) is 17.5 Å². The quantitative estimate of drug-likeness (QED) is 0.478. The zero-order valence-corrected chi connectivity index (χ0v) is 20.3. The zero-order valence-electron chi connectivity index (χ0n) is 18.6. The number of rotatable bonds is 7. The molecule has 9 heteroatoms. The highest BCUT2D eigenvalue weighted by Gasteiger charge is 2.27. The average Bonchev–Trinajstić information content (AvgIpc) is 3.23. The second-order valence-electron chi connectivity index (χ2n) is 8.31. The van der Waals surface area contributed by atoms with Gasteiger partial charge in [-0.2, -0.15) is 0 Å². The van der Waals surface area contributed by atoms with E-state index in [0.29, 0.717) is 11.3 Å². The van der Waals surface area contributed by atoms with Gasteiger partial charge in [0.05, 0.1) is 21.2 Å². The van der Waals surface area contributed by atoms with E-state index in [9.17, 15) is 18.3 Å². The van der Waals surface area contributed by atoms with Gasteiger partial charge in [0, 0.05) is 22.9 Å². The molecule has 170 valence electrons. The second-order valence-corrected chi connectivity index (χ2v) is 11.0. The number of hydrogen-bond donors (Lipinski definition) is 1. The molecule has 0 fully saturated rings. The maximum Gasteiger partial charge on any atom is 0.335 e. The number of aromatic nitrogens is 1. The largest absolute Gasteiger partial charge is 0.478 e. The molecule has 0 aliphatic carbocycles. The maximum absolute atomic E-state index is 13.0. The van der Waals surface area contributed by atoms with Gasteiger partial charge in [-0.25, -0.2) is 18.2 Å². The standard InChI is InChI=1S/C23H26N2O5S2/c1-6-25(32(28,29)18-12-7-15(2)19(13-18)21(26)27)30-17-10-8-16(9-11-17)20-14-31-22(24-20)23(3,4)5/h7-14H,6H2,1-5H3,(H,26,27). The van der Waals surface area contributed by atoms with Crippen LogP contribution in [0, 0.1) is 6.92 Å². The van der Waals surface area contributed by atoms with Crippen LogP contribution >= 0.6 is 11.3 Å². The van der Waals surface area contributed by atoms with Crippen LogP contribution in [0.25, 0.3) is 11.3 Å². The topological polar surface area (TPSA) is 96.8 Å². The van der Waals surface area contributed by atoms with Crippen molar-refractivity contribution < 1.29 is 23.2 Å². The summed E-state index contributed by atoms with van der Waals surface area (Å²) in [5, 5.41) is 12.3. The predicted octanol–water partition coefficient (Wildman–Crippen LogP) is 5.12. The number of benzene rings is 2. The van der Waals surface area contributed by atoms with Gasteiger partial charge < -0.3 is 9.94 Å². The van der Waals surface area contributed by atoms with Gasteiger partial charge in [0.25, 0.3) is 10.0 Å². The molecule has 1 heterocycles. The first-order valence-corrected chi connectivity index (χ1v) is 12.4. The fourth-order valence-electron chi connectivity index (χ4n) is 2.95. The normalized spacial score (nSPS) is 12.2. The molecule has 1 aromatic heterocycles. The van der Waals surface area contributed by atoms with Crippen molar-refractivity contribution in [3.8, 4) is 17.0 Å². The van der Waals surface area contributed by atoms with Gasteiger partial charge in [-0.3, -0.25) is 0 Å². The monoisotopic (exact) mass is 474 g/mol. The van der Waals surface area contributed by atoms with Crippen molar-refractivity contribution in [1.82, 2.24) is 9.45 Å². The third kappa shape index (κ3) is 5.01. The molecular formula is C23H26N2O5S2. The summed E-state index contributed by atoms with van der Waals surface area (Å²) >= 11 is 1.60. The molecule has 0 aliphatic heterocycles. The fraction of sp³-hybridized carbons (Fsp3) is 0.304. The maximum atomic E-state index is 13.0. The molecule has 0 atom stereocenters. The van der Waals surface area contributed by atoms with Gasteiger partial charge >= 0.3 is 5.97 Å². The summed E-state index contributed by atoms with van der Waals surface area (Å²) in [7, 11) is -4.06. The van der Waals surface area contributed by atoms with Gasteiger partial charge in [0.1, 0.15) is 5.75 Å². The molecule has 7 nitrogen and oxygen atoms in total. The van der Waals surface area contributed by atoms with Crippen LogP contribution in [-0.2, 0) is 15.4 Å². The minimum absolute atomic E-state index is 0.0293. The molecule has 0 aliphatic rings. The lowest BCUT2D eigenvalue weighted by molar-refractivity contribution is 0.0415. The molecule has 32 heavy (non-hydrogen) atoms. The van der Waals surface area contributed by atoms with Crippen LogP contribution < -0.4 is 4.84 Å². The van der Waals surface area contributed by atoms with Crippen molar-refractivity contribution in [3.05, 3.63) is 64.0 Å². The molecule has 0 saturated heterocycles. The van der Waals surface area contributed by atoms with E-state index < -0.39 is 16.0 Å². The van der Waals surface area contributed by atoms with Crippen molar-refractivity contribution in [3.63, 3.8) is 0 Å². The molecule has 3 aromatic rings. The van der Waals surface area contributed by atoms with E-state index in [1.54, 1.807) is 37.3 Å². The molecule has 0 unspecified atom stereocenters. The first-order chi connectivity index (χ1) is 14.9. The highest BCUT2D eigenvalue weighted by atomic mass is 32.2. The Morgan fingerprint density at radius 3 is 2.34 bits per heavy atom. The number of sulfonamides is 1. The molecule has 0 bridgehead atoms. The Morgan fingerprint density at radius 2 is 1.81 bits per heavy atom. The Hall–Kier alpha value is -2.75. The predicted molar refractivity (Wildman–Crippen MR) is 125 cm³/mol. The molecular weight excluding hydrogens is 448 g/mol. The van der Waals surface area contributed by atoms with Crippen molar-refractivity contribution in [2.45, 2.75) is 44.9 Å². The summed E-state index contributed by atoms with van der Waals surface area (Å²) in [5.41, 5.74) is 2.14. The summed E-state index contributed by atoms with van der Waals surface area (Å²) in [6.07, 6.45) is 0. The Balaban J connectivity index is 1.83. The average molecular weight is 475 g/mol. The van der Waals surface area contributed by atoms with Gasteiger partial charge in [0.15, 0.2) is 0 Å². The summed E-state index contributed by atoms with van der Waals surface area (Å²) in [4.78, 5) is 21.6. The number of aryl methyl sites for hydroxylation is 1. The first-order valence-electron chi connectivity index (χ1n) is 10.0. The number of hydroxylamine groups is 1. The smallest absolute Gasteiger partial charge is 0.335 e. The van der Waals surface area contributed by atoms with Gasteiger partial charge in [-0.1, -0.05) is 26.8 Å². The summed E-state index contributed by atoms with van der Waals surface area (Å²) in [6.45, 7) is 9.63. The number of hydrogen-bond acceptors (Lipinski definition) is 6. The fourth-order valence-corrected chi connectivity index (χ4v) is 5.13. The SMILES string of the molecule is CCN(Oc1ccc(-c2csc(C(C)(C)C)n2)cc1)S(=O)(=O)c1ccc(C)c(C(=O)O)c1. The van der Waals surface area contributed by atoms with E-state index in [1.165, 1.54) is 12.1 Å². The zero-order chi connectivity index (χ0) is 23.7. The van der Waals surface area contributed by atoms with Crippen molar-refractivity contribution in [2.75, 3.05) is 6.54 Å². The number of thiazole rings is 1. The third-order valence-corrected chi connectivity index (χ3v) is 7.75. The Bertz CT molecular complexity index is 1230. The van der Waals surface area contributed by atoms with E-state index in [0.717, 1.165) is 26.8 Å². The van der Waals surface area contributed by atoms with Gasteiger partial charge in [-0.15, -0.1) is 11.3 Å². The Morgan fingerprint density at radius 1 is 1.16 bits per heavy atom. The molecule has 0 spiro atoms. The van der Waals surface area contributed by atoms with Gasteiger partial charge in [0.2, 0.25) is 0 Å².